The largest absolute Gasteiger partial charge is 0.482 e. The van der Waals surface area contributed by atoms with E-state index in [2.05, 4.69) is 18.8 Å². The minimum Gasteiger partial charge on any atom is -0.482 e. The van der Waals surface area contributed by atoms with Crippen molar-refractivity contribution in [2.75, 3.05) is 0 Å². The van der Waals surface area contributed by atoms with Gasteiger partial charge in [-0.3, -0.25) is 14.5 Å². The molecule has 1 aromatic rings. The van der Waals surface area contributed by atoms with Crippen LogP contribution in [-0.2, 0) is 35.3 Å². The fourth-order valence-electron chi connectivity index (χ4n) is 6.62. The predicted molar refractivity (Wildman–Crippen MR) is 143 cm³/mol. The van der Waals surface area contributed by atoms with Crippen LogP contribution in [0.1, 0.15) is 51.5 Å². The van der Waals surface area contributed by atoms with Gasteiger partial charge in [-0.05, 0) is 48.7 Å². The van der Waals surface area contributed by atoms with Gasteiger partial charge in [0, 0.05) is 23.5 Å². The number of fused-ring (bicyclic) bond motifs is 1. The second-order valence-corrected chi connectivity index (χ2v) is 11.4. The number of nitrogens with one attached hydrogen (secondary N) is 1. The minimum atomic E-state index is -1.64. The zero-order valence-corrected chi connectivity index (χ0v) is 22.5. The van der Waals surface area contributed by atoms with Crippen molar-refractivity contribution in [3.8, 4) is 0 Å². The second-order valence-electron chi connectivity index (χ2n) is 11.4. The molecule has 1 amide bonds. The van der Waals surface area contributed by atoms with E-state index in [4.69, 9.17) is 14.5 Å². The molecule has 39 heavy (non-hydrogen) atoms. The second kappa shape index (κ2) is 11.1. The van der Waals surface area contributed by atoms with Gasteiger partial charge in [0.25, 0.3) is 5.91 Å². The van der Waals surface area contributed by atoms with Crippen molar-refractivity contribution in [2.24, 2.45) is 23.7 Å². The zero-order chi connectivity index (χ0) is 27.7. The lowest BCUT2D eigenvalue weighted by molar-refractivity contribution is -0.348. The van der Waals surface area contributed by atoms with Crippen LogP contribution < -0.4 is 5.32 Å². The normalized spacial score (nSPS) is 39.8. The molecule has 2 saturated heterocycles. The van der Waals surface area contributed by atoms with Crippen LogP contribution >= 0.6 is 0 Å². The van der Waals surface area contributed by atoms with Crippen molar-refractivity contribution in [3.63, 3.8) is 0 Å². The SMILES string of the molecule is C=C1C(C)C2C(Cc3ccccc3)NC(=O)C23OOC(=O)CC2O/C2=C(\C=O)CCCC(C)C/C=C/C3C1O. The summed E-state index contributed by atoms with van der Waals surface area (Å²) in [6, 6.07) is 9.52. The first-order valence-electron chi connectivity index (χ1n) is 13.9. The molecule has 0 aromatic heterocycles. The molecule has 3 fully saturated rings. The third-order valence-electron chi connectivity index (χ3n) is 8.85. The Kier molecular flexibility index (Phi) is 7.78. The lowest BCUT2D eigenvalue weighted by Crippen LogP contribution is -2.61. The van der Waals surface area contributed by atoms with Crippen LogP contribution in [0.2, 0.25) is 0 Å². The van der Waals surface area contributed by atoms with E-state index < -0.39 is 41.5 Å². The molecule has 208 valence electrons. The van der Waals surface area contributed by atoms with Crippen LogP contribution in [0.15, 0.2) is 66.0 Å². The summed E-state index contributed by atoms with van der Waals surface area (Å²) >= 11 is 0. The van der Waals surface area contributed by atoms with Crippen molar-refractivity contribution in [3.05, 3.63) is 71.5 Å². The molecule has 4 aliphatic rings. The number of carbonyl (C=O) groups excluding carboxylic acids is 3. The minimum absolute atomic E-state index is 0.135. The van der Waals surface area contributed by atoms with Crippen LogP contribution in [0.5, 0.6) is 0 Å². The summed E-state index contributed by atoms with van der Waals surface area (Å²) in [6.45, 7) is 8.25. The lowest BCUT2D eigenvalue weighted by atomic mass is 9.59. The fraction of sp³-hybridized carbons (Fsp3) is 0.516. The monoisotopic (exact) mass is 535 g/mol. The summed E-state index contributed by atoms with van der Waals surface area (Å²) in [4.78, 5) is 49.6. The summed E-state index contributed by atoms with van der Waals surface area (Å²) in [5.41, 5.74) is 0.609. The van der Waals surface area contributed by atoms with Crippen molar-refractivity contribution in [2.45, 2.75) is 76.2 Å². The van der Waals surface area contributed by atoms with E-state index in [-0.39, 0.29) is 18.4 Å². The third kappa shape index (κ3) is 5.20. The first-order chi connectivity index (χ1) is 18.8. The number of carbonyl (C=O) groups is 3. The molecule has 1 saturated carbocycles. The van der Waals surface area contributed by atoms with Crippen molar-refractivity contribution in [1.29, 1.82) is 0 Å². The fourth-order valence-corrected chi connectivity index (χ4v) is 6.62. The van der Waals surface area contributed by atoms with Gasteiger partial charge in [0.1, 0.15) is 12.0 Å². The average Bonchev–Trinajstić information content (AvgIpc) is 3.61. The molecule has 8 heteroatoms. The first-order valence-corrected chi connectivity index (χ1v) is 13.9. The van der Waals surface area contributed by atoms with E-state index in [1.807, 2.05) is 49.4 Å². The molecule has 1 aromatic carbocycles. The summed E-state index contributed by atoms with van der Waals surface area (Å²) in [7, 11) is 0. The Hall–Kier alpha value is -3.23. The molecule has 0 radical (unpaired) electrons. The maximum Gasteiger partial charge on any atom is 0.346 e. The molecule has 8 atom stereocenters. The molecular weight excluding hydrogens is 498 g/mol. The highest BCUT2D eigenvalue weighted by Crippen LogP contribution is 2.52. The third-order valence-corrected chi connectivity index (χ3v) is 8.85. The number of ether oxygens (including phenoxy) is 1. The van der Waals surface area contributed by atoms with Crippen LogP contribution in [0.3, 0.4) is 0 Å². The van der Waals surface area contributed by atoms with Crippen LogP contribution in [0, 0.1) is 23.7 Å². The number of benzene rings is 1. The highest BCUT2D eigenvalue weighted by Gasteiger charge is 2.68. The van der Waals surface area contributed by atoms with E-state index >= 15 is 0 Å². The summed E-state index contributed by atoms with van der Waals surface area (Å²) in [5.74, 6) is -1.83. The van der Waals surface area contributed by atoms with Crippen LogP contribution in [-0.4, -0.2) is 47.1 Å². The Bertz CT molecular complexity index is 1190. The quantitative estimate of drug-likeness (QED) is 0.262. The van der Waals surface area contributed by atoms with Crippen LogP contribution in [0.25, 0.3) is 0 Å². The Morgan fingerprint density at radius 3 is 2.72 bits per heavy atom. The van der Waals surface area contributed by atoms with Gasteiger partial charge in [-0.15, -0.1) is 0 Å². The summed E-state index contributed by atoms with van der Waals surface area (Å²) < 4.78 is 5.54. The number of rotatable bonds is 3. The Balaban J connectivity index is 1.50. The standard InChI is InChI=1S/C31H37NO7/c1-18-9-7-13-22(17-33)29-25(37-29)16-26(34)38-39-31-23(14-8-10-18)28(35)20(3)19(2)27(31)24(32-30(31)36)15-21-11-5-4-6-12-21/h4-6,8,11-12,14,17-19,23-25,27-28,35H,3,7,9-10,13,15-16H2,1-2H3,(H,32,36)/b14-8+,29-22-. The van der Waals surface area contributed by atoms with E-state index in [1.165, 1.54) is 0 Å². The number of aldehydes is 1. The zero-order valence-electron chi connectivity index (χ0n) is 22.5. The topological polar surface area (TPSA) is 114 Å². The average molecular weight is 536 g/mol. The number of allylic oxidation sites excluding steroid dienone is 2. The number of aliphatic hydroxyl groups excluding tert-OH is 1. The van der Waals surface area contributed by atoms with Crippen molar-refractivity contribution >= 4 is 18.2 Å². The van der Waals surface area contributed by atoms with E-state index in [9.17, 15) is 19.5 Å². The molecule has 5 rings (SSSR count). The van der Waals surface area contributed by atoms with Gasteiger partial charge in [-0.1, -0.05) is 69.3 Å². The molecule has 3 heterocycles. The number of hydrogen-bond acceptors (Lipinski definition) is 7. The van der Waals surface area contributed by atoms with Crippen LogP contribution in [0.4, 0.5) is 0 Å². The van der Waals surface area contributed by atoms with Gasteiger partial charge in [-0.25, -0.2) is 4.79 Å². The van der Waals surface area contributed by atoms with Gasteiger partial charge < -0.3 is 15.2 Å². The molecule has 8 unspecified atom stereocenters. The Morgan fingerprint density at radius 2 is 1.97 bits per heavy atom. The molecular formula is C31H37NO7. The summed E-state index contributed by atoms with van der Waals surface area (Å²) in [5, 5.41) is 14.5. The maximum atomic E-state index is 13.9. The molecule has 2 N–H and O–H groups in total. The van der Waals surface area contributed by atoms with E-state index in [0.29, 0.717) is 42.1 Å². The van der Waals surface area contributed by atoms with Crippen molar-refractivity contribution in [1.82, 2.24) is 5.32 Å². The Morgan fingerprint density at radius 1 is 1.21 bits per heavy atom. The molecule has 8 nitrogen and oxygen atoms in total. The smallest absolute Gasteiger partial charge is 0.346 e. The molecule has 0 bridgehead atoms. The highest BCUT2D eigenvalue weighted by molar-refractivity contribution is 5.90. The number of hydrogen-bond donors (Lipinski definition) is 2. The lowest BCUT2D eigenvalue weighted by Gasteiger charge is -2.48. The van der Waals surface area contributed by atoms with Crippen molar-refractivity contribution < 1.29 is 34.0 Å². The van der Waals surface area contributed by atoms with Gasteiger partial charge in [-0.2, -0.15) is 4.89 Å². The number of aliphatic hydroxyl groups is 1. The Labute approximate surface area is 229 Å². The van der Waals surface area contributed by atoms with Gasteiger partial charge in [0.2, 0.25) is 5.60 Å². The van der Waals surface area contributed by atoms with E-state index in [0.717, 1.165) is 24.7 Å². The molecule has 1 aliphatic carbocycles. The number of epoxide rings is 1. The number of amides is 1. The maximum absolute atomic E-state index is 13.9. The van der Waals surface area contributed by atoms with Gasteiger partial charge in [0.05, 0.1) is 12.5 Å². The summed E-state index contributed by atoms with van der Waals surface area (Å²) in [6.07, 6.45) is 6.42. The molecule has 1 spiro atoms. The molecule has 3 aliphatic heterocycles. The van der Waals surface area contributed by atoms with Gasteiger partial charge in [0.15, 0.2) is 6.10 Å². The van der Waals surface area contributed by atoms with E-state index in [1.54, 1.807) is 0 Å². The first kappa shape index (κ1) is 27.3. The van der Waals surface area contributed by atoms with Gasteiger partial charge >= 0.3 is 5.97 Å². The predicted octanol–water partition coefficient (Wildman–Crippen LogP) is 3.75. The highest BCUT2D eigenvalue weighted by atomic mass is 17.2.